The van der Waals surface area contributed by atoms with Gasteiger partial charge < -0.3 is 14.2 Å². The fourth-order valence-electron chi connectivity index (χ4n) is 1.21. The summed E-state index contributed by atoms with van der Waals surface area (Å²) >= 11 is 5.79. The molecule has 2 heterocycles. The molecule has 0 aliphatic rings. The van der Waals surface area contributed by atoms with Gasteiger partial charge in [0.1, 0.15) is 16.9 Å². The molecule has 6 heteroatoms. The molecule has 0 fully saturated rings. The normalized spacial score (nSPS) is 12.7. The first-order chi connectivity index (χ1) is 7.65. The third-order valence-corrected chi connectivity index (χ3v) is 2.18. The highest BCUT2D eigenvalue weighted by atomic mass is 35.5. The van der Waals surface area contributed by atoms with Crippen molar-refractivity contribution in [2.24, 2.45) is 0 Å². The number of nitrogens with one attached hydrogen (secondary N) is 1. The summed E-state index contributed by atoms with van der Waals surface area (Å²) in [6.07, 6.45) is 0. The Kier molecular flexibility index (Phi) is 3.14. The Morgan fingerprint density at radius 2 is 2.19 bits per heavy atom. The predicted molar refractivity (Wildman–Crippen MR) is 59.3 cm³/mol. The van der Waals surface area contributed by atoms with Crippen molar-refractivity contribution in [3.05, 3.63) is 29.5 Å². The third kappa shape index (κ3) is 2.55. The summed E-state index contributed by atoms with van der Waals surface area (Å²) in [6.45, 7) is 4.17. The van der Waals surface area contributed by atoms with Crippen molar-refractivity contribution in [3.63, 3.8) is 0 Å². The lowest BCUT2D eigenvalue weighted by Crippen LogP contribution is -1.97. The van der Waals surface area contributed by atoms with Crippen LogP contribution >= 0.6 is 11.6 Å². The van der Waals surface area contributed by atoms with Crippen LogP contribution in [0.5, 0.6) is 0 Å². The molecular weight excluding hydrogens is 230 g/mol. The number of rotatable bonds is 4. The smallest absolute Gasteiger partial charge is 0.315 e. The topological polar surface area (TPSA) is 64.1 Å². The van der Waals surface area contributed by atoms with Crippen molar-refractivity contribution in [2.45, 2.75) is 25.8 Å². The molecule has 0 radical (unpaired) electrons. The van der Waals surface area contributed by atoms with Gasteiger partial charge in [-0.25, -0.2) is 0 Å². The van der Waals surface area contributed by atoms with Crippen molar-refractivity contribution in [2.75, 3.05) is 5.32 Å². The van der Waals surface area contributed by atoms with Gasteiger partial charge in [-0.1, -0.05) is 5.10 Å². The second kappa shape index (κ2) is 4.57. The summed E-state index contributed by atoms with van der Waals surface area (Å²) in [5, 5.41) is 10.3. The summed E-state index contributed by atoms with van der Waals surface area (Å²) < 4.78 is 10.6. The molecule has 0 aromatic carbocycles. The number of anilines is 1. The lowest BCUT2D eigenvalue weighted by Gasteiger charge is -1.97. The van der Waals surface area contributed by atoms with E-state index in [1.165, 1.54) is 0 Å². The Bertz CT molecular complexity index is 464. The van der Waals surface area contributed by atoms with Crippen LogP contribution in [0.4, 0.5) is 6.01 Å². The zero-order valence-corrected chi connectivity index (χ0v) is 9.78. The molecule has 2 aromatic heterocycles. The monoisotopic (exact) mass is 241 g/mol. The molecule has 0 saturated heterocycles. The summed E-state index contributed by atoms with van der Waals surface area (Å²) in [7, 11) is 0. The summed E-state index contributed by atoms with van der Waals surface area (Å²) in [5.41, 5.74) is 0. The van der Waals surface area contributed by atoms with Gasteiger partial charge in [-0.2, -0.15) is 0 Å². The lowest BCUT2D eigenvalue weighted by molar-refractivity contribution is 0.478. The molecule has 86 valence electrons. The van der Waals surface area contributed by atoms with Gasteiger partial charge in [0.15, 0.2) is 0 Å². The number of aryl methyl sites for hydroxylation is 1. The lowest BCUT2D eigenvalue weighted by atomic mass is 10.4. The second-order valence-corrected chi connectivity index (χ2v) is 4.08. The number of furan rings is 1. The zero-order valence-electron chi connectivity index (χ0n) is 9.03. The molecule has 1 unspecified atom stereocenters. The zero-order chi connectivity index (χ0) is 11.5. The standard InChI is InChI=1S/C10H12ClN3O2/c1-6-3-4-8(15-6)5-12-10-14-13-9(16-10)7(2)11/h3-4,7H,5H2,1-2H3,(H,12,14). The van der Waals surface area contributed by atoms with Crippen LogP contribution in [0.25, 0.3) is 0 Å². The first kappa shape index (κ1) is 11.0. The van der Waals surface area contributed by atoms with Crippen LogP contribution in [0, 0.1) is 6.92 Å². The van der Waals surface area contributed by atoms with E-state index in [2.05, 4.69) is 15.5 Å². The van der Waals surface area contributed by atoms with Gasteiger partial charge in [0.25, 0.3) is 0 Å². The van der Waals surface area contributed by atoms with Crippen LogP contribution in [0.15, 0.2) is 21.0 Å². The molecule has 0 amide bonds. The minimum absolute atomic E-state index is 0.283. The van der Waals surface area contributed by atoms with Crippen LogP contribution in [-0.4, -0.2) is 10.2 Å². The van der Waals surface area contributed by atoms with Crippen molar-refractivity contribution in [1.82, 2.24) is 10.2 Å². The Hall–Kier alpha value is -1.49. The van der Waals surface area contributed by atoms with Crippen LogP contribution in [0.1, 0.15) is 29.7 Å². The Morgan fingerprint density at radius 3 is 2.75 bits per heavy atom. The van der Waals surface area contributed by atoms with Gasteiger partial charge in [-0.15, -0.1) is 16.7 Å². The number of hydrogen-bond donors (Lipinski definition) is 1. The Balaban J connectivity index is 1.94. The van der Waals surface area contributed by atoms with E-state index in [0.29, 0.717) is 18.5 Å². The molecule has 0 spiro atoms. The van der Waals surface area contributed by atoms with E-state index in [-0.39, 0.29) is 5.38 Å². The fourth-order valence-corrected chi connectivity index (χ4v) is 1.30. The van der Waals surface area contributed by atoms with Crippen LogP contribution in [-0.2, 0) is 6.54 Å². The maximum Gasteiger partial charge on any atom is 0.315 e. The highest BCUT2D eigenvalue weighted by molar-refractivity contribution is 6.20. The van der Waals surface area contributed by atoms with Crippen molar-refractivity contribution in [1.29, 1.82) is 0 Å². The van der Waals surface area contributed by atoms with Gasteiger partial charge in [0.05, 0.1) is 6.54 Å². The molecule has 2 aromatic rings. The molecular formula is C10H12ClN3O2. The molecule has 16 heavy (non-hydrogen) atoms. The molecule has 1 N–H and O–H groups in total. The molecule has 5 nitrogen and oxygen atoms in total. The first-order valence-electron chi connectivity index (χ1n) is 4.92. The maximum atomic E-state index is 5.79. The SMILES string of the molecule is Cc1ccc(CNc2nnc(C(C)Cl)o2)o1. The average Bonchev–Trinajstić information content (AvgIpc) is 2.83. The van der Waals surface area contributed by atoms with E-state index in [1.54, 1.807) is 6.92 Å². The van der Waals surface area contributed by atoms with Crippen LogP contribution < -0.4 is 5.32 Å². The van der Waals surface area contributed by atoms with Gasteiger partial charge in [-0.05, 0) is 26.0 Å². The largest absolute Gasteiger partial charge is 0.465 e. The highest BCUT2D eigenvalue weighted by Gasteiger charge is 2.10. The summed E-state index contributed by atoms with van der Waals surface area (Å²) in [4.78, 5) is 0. The third-order valence-electron chi connectivity index (χ3n) is 1.99. The van der Waals surface area contributed by atoms with E-state index in [9.17, 15) is 0 Å². The van der Waals surface area contributed by atoms with E-state index >= 15 is 0 Å². The van der Waals surface area contributed by atoms with E-state index < -0.39 is 0 Å². The number of alkyl halides is 1. The number of aromatic nitrogens is 2. The van der Waals surface area contributed by atoms with Gasteiger partial charge in [0, 0.05) is 0 Å². The van der Waals surface area contributed by atoms with Crippen molar-refractivity contribution in [3.8, 4) is 0 Å². The molecule has 0 bridgehead atoms. The first-order valence-corrected chi connectivity index (χ1v) is 5.35. The number of nitrogens with zero attached hydrogens (tertiary/aromatic N) is 2. The highest BCUT2D eigenvalue weighted by Crippen LogP contribution is 2.19. The van der Waals surface area contributed by atoms with E-state index in [1.807, 2.05) is 19.1 Å². The summed E-state index contributed by atoms with van der Waals surface area (Å²) in [6, 6.07) is 4.14. The average molecular weight is 242 g/mol. The van der Waals surface area contributed by atoms with Gasteiger partial charge >= 0.3 is 6.01 Å². The van der Waals surface area contributed by atoms with Crippen molar-refractivity contribution < 1.29 is 8.83 Å². The van der Waals surface area contributed by atoms with E-state index in [4.69, 9.17) is 20.4 Å². The molecule has 0 aliphatic carbocycles. The van der Waals surface area contributed by atoms with Crippen LogP contribution in [0.3, 0.4) is 0 Å². The number of halogens is 1. The number of hydrogen-bond acceptors (Lipinski definition) is 5. The molecule has 1 atom stereocenters. The molecule has 0 saturated carbocycles. The quantitative estimate of drug-likeness (QED) is 0.834. The van der Waals surface area contributed by atoms with Crippen LogP contribution in [0.2, 0.25) is 0 Å². The Morgan fingerprint density at radius 1 is 1.38 bits per heavy atom. The maximum absolute atomic E-state index is 5.79. The fraction of sp³-hybridized carbons (Fsp3) is 0.400. The minimum Gasteiger partial charge on any atom is -0.465 e. The second-order valence-electron chi connectivity index (χ2n) is 3.43. The Labute approximate surface area is 97.8 Å². The summed E-state index contributed by atoms with van der Waals surface area (Å²) in [5.74, 6) is 2.09. The molecule has 2 rings (SSSR count). The van der Waals surface area contributed by atoms with Crippen molar-refractivity contribution >= 4 is 17.6 Å². The molecule has 0 aliphatic heterocycles. The van der Waals surface area contributed by atoms with E-state index in [0.717, 1.165) is 11.5 Å². The van der Waals surface area contributed by atoms with Gasteiger partial charge in [0.2, 0.25) is 5.89 Å². The predicted octanol–water partition coefficient (Wildman–Crippen LogP) is 2.88. The van der Waals surface area contributed by atoms with Gasteiger partial charge in [-0.3, -0.25) is 0 Å². The minimum atomic E-state index is -0.283.